The summed E-state index contributed by atoms with van der Waals surface area (Å²) in [5.41, 5.74) is 11.1. The van der Waals surface area contributed by atoms with Crippen molar-refractivity contribution in [1.29, 1.82) is 0 Å². The fraction of sp³-hybridized carbons (Fsp3) is 0.167. The smallest absolute Gasteiger partial charge is 0.116 e. The molecule has 8 aromatic carbocycles. The summed E-state index contributed by atoms with van der Waals surface area (Å²) in [5.74, 6) is 0. The zero-order valence-corrected chi connectivity index (χ0v) is 31.7. The van der Waals surface area contributed by atoms with E-state index in [2.05, 4.69) is 120 Å². The summed E-state index contributed by atoms with van der Waals surface area (Å²) in [4.78, 5) is 9.94. The Kier molecular flexibility index (Phi) is 7.42. The summed E-state index contributed by atoms with van der Waals surface area (Å²) < 4.78 is 0. The van der Waals surface area contributed by atoms with E-state index in [4.69, 9.17) is 33.2 Å². The number of hydrogen-bond acceptors (Lipinski definition) is 2. The van der Waals surface area contributed by atoms with Gasteiger partial charge in [0.25, 0.3) is 0 Å². The van der Waals surface area contributed by atoms with Crippen LogP contribution in [0.15, 0.2) is 122 Å². The van der Waals surface area contributed by atoms with E-state index < -0.39 is 0 Å². The average Bonchev–Trinajstić information content (AvgIpc) is 3.13. The molecule has 52 heavy (non-hydrogen) atoms. The number of benzene rings is 8. The number of aromatic nitrogens is 2. The van der Waals surface area contributed by atoms with E-state index in [1.807, 2.05) is 36.4 Å². The average molecular weight is 714 g/mol. The van der Waals surface area contributed by atoms with Crippen molar-refractivity contribution in [2.24, 2.45) is 0 Å². The maximum absolute atomic E-state index is 6.79. The Morgan fingerprint density at radius 3 is 1.27 bits per heavy atom. The summed E-state index contributed by atoms with van der Waals surface area (Å²) in [5, 5.41) is 10.5. The summed E-state index contributed by atoms with van der Waals surface area (Å²) in [6.45, 7) is 13.8. The molecule has 0 aliphatic carbocycles. The number of fused-ring (bicyclic) bond motifs is 6. The standard InChI is InChI=1S/C48H38Cl2N2/c1-47(2,3)31-19-29(20-32(25-31)48(4,5)6)30-23-39-37-21-27(33-11-7-9-13-41(33)49)15-17-35(37)45-44-43(39)40(24-30)38-22-28(34-12-8-10-14-42(34)50)16-18-36(38)46(44)52-26-51-45/h7-26H,1-6H3. The normalized spacial score (nSPS) is 12.6. The van der Waals surface area contributed by atoms with E-state index in [1.165, 1.54) is 38.4 Å². The summed E-state index contributed by atoms with van der Waals surface area (Å²) in [6, 6.07) is 41.4. The van der Waals surface area contributed by atoms with Crippen LogP contribution in [0.3, 0.4) is 0 Å². The Morgan fingerprint density at radius 1 is 0.404 bits per heavy atom. The molecule has 4 heteroatoms. The lowest BCUT2D eigenvalue weighted by Gasteiger charge is -2.26. The molecule has 0 fully saturated rings. The zero-order valence-electron chi connectivity index (χ0n) is 30.2. The molecule has 0 aliphatic rings. The van der Waals surface area contributed by atoms with Gasteiger partial charge in [-0.3, -0.25) is 0 Å². The molecular weight excluding hydrogens is 675 g/mol. The third kappa shape index (κ3) is 5.23. The van der Waals surface area contributed by atoms with E-state index in [0.717, 1.165) is 70.3 Å². The predicted molar refractivity (Wildman–Crippen MR) is 224 cm³/mol. The van der Waals surface area contributed by atoms with Gasteiger partial charge in [0.2, 0.25) is 0 Å². The highest BCUT2D eigenvalue weighted by Gasteiger charge is 2.24. The minimum atomic E-state index is -0.0173. The number of nitrogens with zero attached hydrogens (tertiary/aromatic N) is 2. The van der Waals surface area contributed by atoms with Gasteiger partial charge >= 0.3 is 0 Å². The molecule has 9 aromatic rings. The SMILES string of the molecule is CC(C)(C)c1cc(-c2cc3c4cc(-c5ccccc5Cl)ccc4c4ncnc5c6ccc(-c7ccccc7Cl)cc6c(c2)c3c45)cc(C(C)(C)C)c1. The van der Waals surface area contributed by atoms with Gasteiger partial charge in [0, 0.05) is 42.7 Å². The van der Waals surface area contributed by atoms with Crippen molar-refractivity contribution in [2.75, 3.05) is 0 Å². The van der Waals surface area contributed by atoms with Crippen LogP contribution in [0.5, 0.6) is 0 Å². The van der Waals surface area contributed by atoms with Crippen LogP contribution in [0, 0.1) is 0 Å². The van der Waals surface area contributed by atoms with Crippen LogP contribution in [0.1, 0.15) is 52.7 Å². The second-order valence-corrected chi connectivity index (χ2v) is 17.0. The Morgan fingerprint density at radius 2 is 0.827 bits per heavy atom. The first kappa shape index (κ1) is 32.9. The fourth-order valence-corrected chi connectivity index (χ4v) is 8.36. The van der Waals surface area contributed by atoms with Crippen molar-refractivity contribution in [1.82, 2.24) is 9.97 Å². The van der Waals surface area contributed by atoms with Crippen molar-refractivity contribution in [3.63, 3.8) is 0 Å². The lowest BCUT2D eigenvalue weighted by molar-refractivity contribution is 0.569. The van der Waals surface area contributed by atoms with Crippen molar-refractivity contribution in [2.45, 2.75) is 52.4 Å². The van der Waals surface area contributed by atoms with Crippen molar-refractivity contribution < 1.29 is 0 Å². The topological polar surface area (TPSA) is 25.8 Å². The lowest BCUT2D eigenvalue weighted by atomic mass is 9.78. The summed E-state index contributed by atoms with van der Waals surface area (Å²) >= 11 is 13.6. The molecule has 0 atom stereocenters. The van der Waals surface area contributed by atoms with E-state index in [1.54, 1.807) is 6.33 Å². The van der Waals surface area contributed by atoms with Gasteiger partial charge in [0.15, 0.2) is 0 Å². The van der Waals surface area contributed by atoms with Crippen molar-refractivity contribution >= 4 is 77.3 Å². The van der Waals surface area contributed by atoms with Crippen LogP contribution in [-0.2, 0) is 10.8 Å². The van der Waals surface area contributed by atoms with Gasteiger partial charge in [0.1, 0.15) is 6.33 Å². The molecule has 0 unspecified atom stereocenters. The number of rotatable bonds is 3. The molecule has 0 amide bonds. The monoisotopic (exact) mass is 712 g/mol. The van der Waals surface area contributed by atoms with E-state index in [-0.39, 0.29) is 10.8 Å². The lowest BCUT2D eigenvalue weighted by Crippen LogP contribution is -2.16. The molecule has 0 spiro atoms. The zero-order chi connectivity index (χ0) is 36.1. The van der Waals surface area contributed by atoms with Crippen molar-refractivity contribution in [3.05, 3.63) is 143 Å². The number of halogens is 2. The number of hydrogen-bond donors (Lipinski definition) is 0. The molecular formula is C48H38Cl2N2. The van der Waals surface area contributed by atoms with E-state index in [9.17, 15) is 0 Å². The van der Waals surface area contributed by atoms with Gasteiger partial charge in [-0.15, -0.1) is 0 Å². The molecule has 0 bridgehead atoms. The predicted octanol–water partition coefficient (Wildman–Crippen LogP) is 14.6. The Labute approximate surface area is 314 Å². The van der Waals surface area contributed by atoms with Crippen LogP contribution in [0.2, 0.25) is 10.0 Å². The third-order valence-electron chi connectivity index (χ3n) is 10.7. The summed E-state index contributed by atoms with van der Waals surface area (Å²) in [6.07, 6.45) is 1.71. The first-order valence-corrected chi connectivity index (χ1v) is 18.6. The Balaban J connectivity index is 1.48. The Bertz CT molecular complexity index is 2710. The summed E-state index contributed by atoms with van der Waals surface area (Å²) in [7, 11) is 0. The van der Waals surface area contributed by atoms with Gasteiger partial charge in [-0.1, -0.05) is 144 Å². The largest absolute Gasteiger partial charge is 0.236 e. The molecule has 1 aromatic heterocycles. The fourth-order valence-electron chi connectivity index (χ4n) is 7.87. The highest BCUT2D eigenvalue weighted by Crippen LogP contribution is 2.47. The minimum Gasteiger partial charge on any atom is -0.236 e. The molecule has 9 rings (SSSR count). The first-order valence-electron chi connectivity index (χ1n) is 17.9. The highest BCUT2D eigenvalue weighted by molar-refractivity contribution is 6.40. The molecule has 0 saturated carbocycles. The molecule has 1 heterocycles. The quantitative estimate of drug-likeness (QED) is 0.135. The maximum atomic E-state index is 6.79. The van der Waals surface area contributed by atoms with Gasteiger partial charge in [-0.05, 0) is 102 Å². The van der Waals surface area contributed by atoms with Gasteiger partial charge in [-0.25, -0.2) is 9.97 Å². The third-order valence-corrected chi connectivity index (χ3v) is 11.4. The molecule has 0 N–H and O–H groups in total. The van der Waals surface area contributed by atoms with Crippen LogP contribution < -0.4 is 0 Å². The van der Waals surface area contributed by atoms with Crippen LogP contribution in [0.4, 0.5) is 0 Å². The molecule has 2 nitrogen and oxygen atoms in total. The van der Waals surface area contributed by atoms with Gasteiger partial charge in [0.05, 0.1) is 11.0 Å². The molecule has 0 aliphatic heterocycles. The van der Waals surface area contributed by atoms with Gasteiger partial charge < -0.3 is 0 Å². The first-order chi connectivity index (χ1) is 24.9. The Hall–Kier alpha value is -5.02. The second kappa shape index (κ2) is 11.7. The van der Waals surface area contributed by atoms with Crippen LogP contribution in [-0.4, -0.2) is 9.97 Å². The molecule has 254 valence electrons. The van der Waals surface area contributed by atoms with E-state index >= 15 is 0 Å². The van der Waals surface area contributed by atoms with Gasteiger partial charge in [-0.2, -0.15) is 0 Å². The highest BCUT2D eigenvalue weighted by atomic mass is 35.5. The molecule has 0 radical (unpaired) electrons. The van der Waals surface area contributed by atoms with Crippen LogP contribution in [0.25, 0.3) is 87.5 Å². The maximum Gasteiger partial charge on any atom is 0.116 e. The second-order valence-electron chi connectivity index (χ2n) is 16.2. The molecule has 0 saturated heterocycles. The minimum absolute atomic E-state index is 0.0173. The van der Waals surface area contributed by atoms with E-state index in [0.29, 0.717) is 0 Å². The van der Waals surface area contributed by atoms with Crippen molar-refractivity contribution in [3.8, 4) is 33.4 Å². The van der Waals surface area contributed by atoms with Crippen LogP contribution >= 0.6 is 23.2 Å².